The molecular formula is C14H15N5O5. The van der Waals surface area contributed by atoms with Crippen LogP contribution in [0.5, 0.6) is 0 Å². The smallest absolute Gasteiger partial charge is 0.358 e. The number of aryl methyl sites for hydroxylation is 2. The SMILES string of the molecule is Cc1cccc(C)c1NC(=O)Cn1nc([N+](=O)[O-])c([N+](=O)[O-])c1C. The van der Waals surface area contributed by atoms with Gasteiger partial charge in [-0.15, -0.1) is 0 Å². The van der Waals surface area contributed by atoms with Crippen LogP contribution < -0.4 is 5.32 Å². The molecule has 10 nitrogen and oxygen atoms in total. The highest BCUT2D eigenvalue weighted by atomic mass is 16.6. The monoisotopic (exact) mass is 333 g/mol. The van der Waals surface area contributed by atoms with Crippen LogP contribution >= 0.6 is 0 Å². The molecule has 0 saturated carbocycles. The van der Waals surface area contributed by atoms with E-state index in [1.54, 1.807) is 0 Å². The summed E-state index contributed by atoms with van der Waals surface area (Å²) in [6.45, 7) is 4.60. The number of anilines is 1. The van der Waals surface area contributed by atoms with E-state index in [1.165, 1.54) is 6.92 Å². The first-order valence-electron chi connectivity index (χ1n) is 6.94. The van der Waals surface area contributed by atoms with Gasteiger partial charge in [0.25, 0.3) is 0 Å². The van der Waals surface area contributed by atoms with Crippen LogP contribution in [0, 0.1) is 41.0 Å². The molecule has 0 atom stereocenters. The quantitative estimate of drug-likeness (QED) is 0.659. The first-order valence-corrected chi connectivity index (χ1v) is 6.94. The lowest BCUT2D eigenvalue weighted by molar-refractivity contribution is -0.424. The van der Waals surface area contributed by atoms with Crippen molar-refractivity contribution in [1.82, 2.24) is 9.78 Å². The summed E-state index contributed by atoms with van der Waals surface area (Å²) in [7, 11) is 0. The number of rotatable bonds is 5. The van der Waals surface area contributed by atoms with Gasteiger partial charge in [0.2, 0.25) is 5.91 Å². The van der Waals surface area contributed by atoms with Gasteiger partial charge in [-0.05, 0) is 36.8 Å². The number of carbonyl (C=O) groups excluding carboxylic acids is 1. The Bertz CT molecular complexity index is 822. The third-order valence-corrected chi connectivity index (χ3v) is 3.55. The van der Waals surface area contributed by atoms with Crippen molar-refractivity contribution in [2.45, 2.75) is 27.3 Å². The van der Waals surface area contributed by atoms with Gasteiger partial charge in [-0.1, -0.05) is 18.2 Å². The molecule has 0 unspecified atom stereocenters. The average Bonchev–Trinajstić information content (AvgIpc) is 2.80. The molecule has 1 aromatic heterocycles. The maximum atomic E-state index is 12.2. The Morgan fingerprint density at radius 2 is 1.75 bits per heavy atom. The number of benzene rings is 1. The van der Waals surface area contributed by atoms with Crippen LogP contribution in [0.2, 0.25) is 0 Å². The second kappa shape index (κ2) is 6.44. The zero-order valence-corrected chi connectivity index (χ0v) is 13.3. The molecule has 0 aliphatic carbocycles. The highest BCUT2D eigenvalue weighted by Gasteiger charge is 2.35. The van der Waals surface area contributed by atoms with E-state index in [-0.39, 0.29) is 12.2 Å². The molecule has 2 aromatic rings. The predicted molar refractivity (Wildman–Crippen MR) is 84.8 cm³/mol. The Hall–Kier alpha value is -3.30. The summed E-state index contributed by atoms with van der Waals surface area (Å²) in [5.74, 6) is -1.36. The second-order valence-electron chi connectivity index (χ2n) is 5.24. The van der Waals surface area contributed by atoms with E-state index in [1.807, 2.05) is 32.0 Å². The highest BCUT2D eigenvalue weighted by Crippen LogP contribution is 2.29. The molecule has 0 fully saturated rings. The second-order valence-corrected chi connectivity index (χ2v) is 5.24. The average molecular weight is 333 g/mol. The van der Waals surface area contributed by atoms with Crippen LogP contribution in [0.1, 0.15) is 16.8 Å². The fourth-order valence-electron chi connectivity index (χ4n) is 2.34. The molecule has 0 spiro atoms. The Kier molecular flexibility index (Phi) is 4.58. The number of hydrogen-bond donors (Lipinski definition) is 1. The summed E-state index contributed by atoms with van der Waals surface area (Å²) >= 11 is 0. The largest absolute Gasteiger partial charge is 0.468 e. The molecule has 0 radical (unpaired) electrons. The van der Waals surface area contributed by atoms with Crippen molar-refractivity contribution in [3.8, 4) is 0 Å². The number of hydrogen-bond acceptors (Lipinski definition) is 6. The van der Waals surface area contributed by atoms with Gasteiger partial charge in [0.15, 0.2) is 0 Å². The standard InChI is InChI=1S/C14H15N5O5/c1-8-5-4-6-9(2)12(8)15-11(20)7-17-10(3)13(18(21)22)14(16-17)19(23)24/h4-6H,7H2,1-3H3,(H,15,20). The normalized spacial score (nSPS) is 10.5. The maximum Gasteiger partial charge on any atom is 0.468 e. The molecule has 0 aliphatic rings. The van der Waals surface area contributed by atoms with Crippen molar-refractivity contribution in [2.75, 3.05) is 5.32 Å². The number of nitro groups is 2. The minimum absolute atomic E-state index is 0.0524. The van der Waals surface area contributed by atoms with Crippen LogP contribution in [-0.4, -0.2) is 25.5 Å². The molecule has 1 heterocycles. The van der Waals surface area contributed by atoms with Crippen molar-refractivity contribution >= 4 is 23.1 Å². The number of aromatic nitrogens is 2. The highest BCUT2D eigenvalue weighted by molar-refractivity contribution is 5.92. The molecule has 126 valence electrons. The summed E-state index contributed by atoms with van der Waals surface area (Å²) in [5.41, 5.74) is 1.59. The van der Waals surface area contributed by atoms with Crippen LogP contribution in [0.3, 0.4) is 0 Å². The number of nitrogens with zero attached hydrogens (tertiary/aromatic N) is 4. The van der Waals surface area contributed by atoms with Gasteiger partial charge in [0.05, 0.1) is 10.0 Å². The van der Waals surface area contributed by atoms with E-state index < -0.39 is 27.3 Å². The summed E-state index contributed by atoms with van der Waals surface area (Å²) in [6.07, 6.45) is 0. The van der Waals surface area contributed by atoms with Crippen LogP contribution in [0.25, 0.3) is 0 Å². The van der Waals surface area contributed by atoms with Crippen LogP contribution in [-0.2, 0) is 11.3 Å². The van der Waals surface area contributed by atoms with Gasteiger partial charge in [0, 0.05) is 5.69 Å². The lowest BCUT2D eigenvalue weighted by atomic mass is 10.1. The van der Waals surface area contributed by atoms with Gasteiger partial charge in [-0.3, -0.25) is 14.9 Å². The molecule has 2 rings (SSSR count). The predicted octanol–water partition coefficient (Wildman–Crippen LogP) is 2.26. The fraction of sp³-hybridized carbons (Fsp3) is 0.286. The minimum atomic E-state index is -0.939. The summed E-state index contributed by atoms with van der Waals surface area (Å²) in [5, 5.41) is 28.1. The van der Waals surface area contributed by atoms with Gasteiger partial charge in [-0.2, -0.15) is 4.68 Å². The molecule has 0 saturated heterocycles. The molecule has 1 N–H and O–H groups in total. The topological polar surface area (TPSA) is 133 Å². The molecular weight excluding hydrogens is 318 g/mol. The summed E-state index contributed by atoms with van der Waals surface area (Å²) in [4.78, 5) is 32.2. The Balaban J connectivity index is 2.28. The van der Waals surface area contributed by atoms with E-state index in [0.717, 1.165) is 15.8 Å². The van der Waals surface area contributed by atoms with Gasteiger partial charge in [-0.25, -0.2) is 0 Å². The van der Waals surface area contributed by atoms with E-state index in [4.69, 9.17) is 0 Å². The third-order valence-electron chi connectivity index (χ3n) is 3.55. The van der Waals surface area contributed by atoms with Crippen molar-refractivity contribution in [2.24, 2.45) is 0 Å². The molecule has 1 amide bonds. The zero-order chi connectivity index (χ0) is 18.0. The number of nitrogens with one attached hydrogen (secondary N) is 1. The van der Waals surface area contributed by atoms with Crippen LogP contribution in [0.15, 0.2) is 18.2 Å². The number of para-hydroxylation sites is 1. The van der Waals surface area contributed by atoms with Gasteiger partial charge < -0.3 is 15.4 Å². The van der Waals surface area contributed by atoms with Crippen molar-refractivity contribution in [3.63, 3.8) is 0 Å². The minimum Gasteiger partial charge on any atom is -0.358 e. The van der Waals surface area contributed by atoms with E-state index in [0.29, 0.717) is 5.69 Å². The maximum absolute atomic E-state index is 12.2. The van der Waals surface area contributed by atoms with Crippen molar-refractivity contribution < 1.29 is 14.6 Å². The number of carbonyl (C=O) groups is 1. The Labute approximate surface area is 136 Å². The van der Waals surface area contributed by atoms with E-state index in [2.05, 4.69) is 10.4 Å². The third kappa shape index (κ3) is 3.21. The Morgan fingerprint density at radius 3 is 2.21 bits per heavy atom. The van der Waals surface area contributed by atoms with Gasteiger partial charge >= 0.3 is 11.5 Å². The molecule has 1 aromatic carbocycles. The molecule has 0 bridgehead atoms. The first kappa shape index (κ1) is 17.1. The molecule has 24 heavy (non-hydrogen) atoms. The Morgan fingerprint density at radius 1 is 1.17 bits per heavy atom. The van der Waals surface area contributed by atoms with E-state index >= 15 is 0 Å². The number of amides is 1. The van der Waals surface area contributed by atoms with Crippen LogP contribution in [0.4, 0.5) is 17.2 Å². The zero-order valence-electron chi connectivity index (χ0n) is 13.3. The summed E-state index contributed by atoms with van der Waals surface area (Å²) in [6, 6.07) is 5.51. The summed E-state index contributed by atoms with van der Waals surface area (Å²) < 4.78 is 0.958. The fourth-order valence-corrected chi connectivity index (χ4v) is 2.34. The van der Waals surface area contributed by atoms with Crippen molar-refractivity contribution in [3.05, 3.63) is 55.2 Å². The first-order chi connectivity index (χ1) is 11.2. The molecule has 0 aliphatic heterocycles. The van der Waals surface area contributed by atoms with Gasteiger partial charge in [0.1, 0.15) is 12.2 Å². The molecule has 10 heteroatoms. The lowest BCUT2D eigenvalue weighted by Gasteiger charge is -2.10. The lowest BCUT2D eigenvalue weighted by Crippen LogP contribution is -2.21. The van der Waals surface area contributed by atoms with E-state index in [9.17, 15) is 25.0 Å². The van der Waals surface area contributed by atoms with Crippen molar-refractivity contribution in [1.29, 1.82) is 0 Å².